The molecular formula is C8H16F3NO. The van der Waals surface area contributed by atoms with Crippen molar-refractivity contribution >= 4 is 0 Å². The van der Waals surface area contributed by atoms with Gasteiger partial charge in [-0.3, -0.25) is 4.90 Å². The van der Waals surface area contributed by atoms with E-state index in [9.17, 15) is 13.2 Å². The van der Waals surface area contributed by atoms with Gasteiger partial charge in [0.15, 0.2) is 0 Å². The van der Waals surface area contributed by atoms with Gasteiger partial charge in [-0.25, -0.2) is 0 Å². The Morgan fingerprint density at radius 2 is 1.62 bits per heavy atom. The Hall–Kier alpha value is -0.290. The van der Waals surface area contributed by atoms with E-state index in [0.29, 0.717) is 13.1 Å². The van der Waals surface area contributed by atoms with E-state index in [2.05, 4.69) is 4.74 Å². The van der Waals surface area contributed by atoms with Gasteiger partial charge in [-0.1, -0.05) is 13.8 Å². The third-order valence-corrected chi connectivity index (χ3v) is 1.75. The number of halogens is 3. The van der Waals surface area contributed by atoms with Crippen molar-refractivity contribution in [3.63, 3.8) is 0 Å². The maximum absolute atomic E-state index is 12.4. The number of ether oxygens (including phenoxy) is 1. The second kappa shape index (κ2) is 5.44. The third-order valence-electron chi connectivity index (χ3n) is 1.75. The molecule has 2 nitrogen and oxygen atoms in total. The summed E-state index contributed by atoms with van der Waals surface area (Å²) in [6.45, 7) is 5.66. The Balaban J connectivity index is 4.38. The molecule has 5 heteroatoms. The fourth-order valence-corrected chi connectivity index (χ4v) is 1.12. The lowest BCUT2D eigenvalue weighted by atomic mass is 10.4. The Labute approximate surface area is 76.7 Å². The van der Waals surface area contributed by atoms with E-state index in [-0.39, 0.29) is 6.61 Å². The first kappa shape index (κ1) is 12.7. The van der Waals surface area contributed by atoms with Crippen LogP contribution in [0.15, 0.2) is 0 Å². The lowest BCUT2D eigenvalue weighted by Gasteiger charge is -2.30. The van der Waals surface area contributed by atoms with Crippen LogP contribution in [0, 0.1) is 0 Å². The fraction of sp³-hybridized carbons (Fsp3) is 1.00. The second-order valence-electron chi connectivity index (χ2n) is 2.57. The molecule has 0 aliphatic rings. The van der Waals surface area contributed by atoms with Gasteiger partial charge in [-0.05, 0) is 20.0 Å². The van der Waals surface area contributed by atoms with Crippen molar-refractivity contribution in [3.05, 3.63) is 0 Å². The van der Waals surface area contributed by atoms with Crippen LogP contribution < -0.4 is 0 Å². The van der Waals surface area contributed by atoms with Crippen molar-refractivity contribution in [3.8, 4) is 0 Å². The van der Waals surface area contributed by atoms with Crippen molar-refractivity contribution in [2.24, 2.45) is 0 Å². The van der Waals surface area contributed by atoms with E-state index >= 15 is 0 Å². The molecule has 0 aliphatic heterocycles. The van der Waals surface area contributed by atoms with Crippen LogP contribution in [0.5, 0.6) is 0 Å². The highest BCUT2D eigenvalue weighted by atomic mass is 19.4. The third kappa shape index (κ3) is 3.95. The summed E-state index contributed by atoms with van der Waals surface area (Å²) >= 11 is 0. The van der Waals surface area contributed by atoms with Gasteiger partial charge in [0.05, 0.1) is 0 Å². The molecule has 0 aromatic carbocycles. The zero-order chi connectivity index (χ0) is 10.5. The highest BCUT2D eigenvalue weighted by molar-refractivity contribution is 4.68. The molecule has 80 valence electrons. The molecule has 0 rings (SSSR count). The minimum Gasteiger partial charge on any atom is -0.354 e. The highest BCUT2D eigenvalue weighted by Crippen LogP contribution is 2.25. The average Bonchev–Trinajstić information content (AvgIpc) is 2.03. The van der Waals surface area contributed by atoms with Crippen LogP contribution in [0.25, 0.3) is 0 Å². The van der Waals surface area contributed by atoms with Crippen LogP contribution in [-0.4, -0.2) is 37.0 Å². The summed E-state index contributed by atoms with van der Waals surface area (Å²) in [6.07, 6.45) is -6.06. The van der Waals surface area contributed by atoms with Gasteiger partial charge < -0.3 is 4.74 Å². The molecule has 1 atom stereocenters. The quantitative estimate of drug-likeness (QED) is 0.630. The van der Waals surface area contributed by atoms with Gasteiger partial charge in [0.25, 0.3) is 0 Å². The molecule has 1 unspecified atom stereocenters. The molecule has 0 aromatic rings. The number of hydrogen-bond donors (Lipinski definition) is 0. The molecule has 0 aromatic heterocycles. The number of nitrogens with zero attached hydrogens (tertiary/aromatic N) is 1. The first-order chi connectivity index (χ1) is 5.97. The smallest absolute Gasteiger partial charge is 0.354 e. The molecule has 0 saturated heterocycles. The lowest BCUT2D eigenvalue weighted by molar-refractivity contribution is -0.264. The Morgan fingerprint density at radius 1 is 1.15 bits per heavy atom. The first-order valence-corrected chi connectivity index (χ1v) is 4.39. The van der Waals surface area contributed by atoms with Gasteiger partial charge in [-0.15, -0.1) is 0 Å². The lowest BCUT2D eigenvalue weighted by Crippen LogP contribution is -2.47. The van der Waals surface area contributed by atoms with Crippen LogP contribution >= 0.6 is 0 Å². The molecule has 13 heavy (non-hydrogen) atoms. The largest absolute Gasteiger partial charge is 0.428 e. The summed E-state index contributed by atoms with van der Waals surface area (Å²) < 4.78 is 41.7. The van der Waals surface area contributed by atoms with E-state index in [1.54, 1.807) is 20.8 Å². The van der Waals surface area contributed by atoms with Gasteiger partial charge in [0.1, 0.15) is 0 Å². The predicted octanol–water partition coefficient (Wildman–Crippen LogP) is 2.25. The van der Waals surface area contributed by atoms with Crippen molar-refractivity contribution in [1.82, 2.24) is 4.90 Å². The van der Waals surface area contributed by atoms with E-state index in [1.165, 1.54) is 4.90 Å². The standard InChI is InChI=1S/C8H16F3NO/c1-4-12(5-2)7(13-6-3)8(9,10)11/h7H,4-6H2,1-3H3. The summed E-state index contributed by atoms with van der Waals surface area (Å²) in [6, 6.07) is 0. The van der Waals surface area contributed by atoms with E-state index in [0.717, 1.165) is 0 Å². The topological polar surface area (TPSA) is 12.5 Å². The van der Waals surface area contributed by atoms with Gasteiger partial charge >= 0.3 is 6.18 Å². The van der Waals surface area contributed by atoms with Crippen molar-refractivity contribution in [2.75, 3.05) is 19.7 Å². The summed E-state index contributed by atoms with van der Waals surface area (Å²) in [5.41, 5.74) is 0. The molecule has 0 aliphatic carbocycles. The second-order valence-corrected chi connectivity index (χ2v) is 2.57. The molecular weight excluding hydrogens is 183 g/mol. The normalized spacial score (nSPS) is 15.0. The number of rotatable bonds is 5. The molecule has 0 amide bonds. The van der Waals surface area contributed by atoms with Gasteiger partial charge in [-0.2, -0.15) is 13.2 Å². The zero-order valence-corrected chi connectivity index (χ0v) is 8.19. The van der Waals surface area contributed by atoms with Gasteiger partial charge in [0.2, 0.25) is 6.23 Å². The van der Waals surface area contributed by atoms with Crippen LogP contribution in [-0.2, 0) is 4.74 Å². The molecule has 0 saturated carbocycles. The zero-order valence-electron chi connectivity index (χ0n) is 8.19. The maximum atomic E-state index is 12.4. The predicted molar refractivity (Wildman–Crippen MR) is 44.4 cm³/mol. The first-order valence-electron chi connectivity index (χ1n) is 4.39. The van der Waals surface area contributed by atoms with Crippen LogP contribution in [0.1, 0.15) is 20.8 Å². The molecule has 0 bridgehead atoms. The highest BCUT2D eigenvalue weighted by Gasteiger charge is 2.43. The van der Waals surface area contributed by atoms with Crippen LogP contribution in [0.3, 0.4) is 0 Å². The molecule has 0 N–H and O–H groups in total. The monoisotopic (exact) mass is 199 g/mol. The minimum absolute atomic E-state index is 0.0701. The number of alkyl halides is 3. The van der Waals surface area contributed by atoms with Crippen molar-refractivity contribution in [1.29, 1.82) is 0 Å². The summed E-state index contributed by atoms with van der Waals surface area (Å²) in [5, 5.41) is 0. The molecule has 0 heterocycles. The Morgan fingerprint density at radius 3 is 1.85 bits per heavy atom. The Kier molecular flexibility index (Phi) is 5.32. The van der Waals surface area contributed by atoms with Crippen LogP contribution in [0.2, 0.25) is 0 Å². The summed E-state index contributed by atoms with van der Waals surface area (Å²) in [5.74, 6) is 0. The maximum Gasteiger partial charge on any atom is 0.428 e. The van der Waals surface area contributed by atoms with E-state index in [4.69, 9.17) is 0 Å². The molecule has 0 spiro atoms. The summed E-state index contributed by atoms with van der Waals surface area (Å²) in [4.78, 5) is 1.24. The van der Waals surface area contributed by atoms with Crippen molar-refractivity contribution in [2.45, 2.75) is 33.2 Å². The Bertz CT molecular complexity index is 134. The molecule has 0 fully saturated rings. The minimum atomic E-state index is -4.30. The van der Waals surface area contributed by atoms with Crippen molar-refractivity contribution < 1.29 is 17.9 Å². The molecule has 0 radical (unpaired) electrons. The van der Waals surface area contributed by atoms with E-state index < -0.39 is 12.4 Å². The summed E-state index contributed by atoms with van der Waals surface area (Å²) in [7, 11) is 0. The number of hydrogen-bond acceptors (Lipinski definition) is 2. The SMILES string of the molecule is CCOC(N(CC)CC)C(F)(F)F. The fourth-order valence-electron chi connectivity index (χ4n) is 1.12. The average molecular weight is 199 g/mol. The van der Waals surface area contributed by atoms with E-state index in [1.807, 2.05) is 0 Å². The van der Waals surface area contributed by atoms with Gasteiger partial charge in [0, 0.05) is 6.61 Å². The van der Waals surface area contributed by atoms with Crippen LogP contribution in [0.4, 0.5) is 13.2 Å².